The van der Waals surface area contributed by atoms with Crippen LogP contribution >= 0.6 is 0 Å². The molecule has 0 atom stereocenters. The number of nitrogens with one attached hydrogen (secondary N) is 1. The normalized spacial score (nSPS) is 10.9. The van der Waals surface area contributed by atoms with Crippen molar-refractivity contribution in [3.8, 4) is 23.6 Å². The fourth-order valence-electron chi connectivity index (χ4n) is 3.19. The van der Waals surface area contributed by atoms with Crippen LogP contribution in [-0.4, -0.2) is 40.8 Å². The molecule has 154 valence electrons. The van der Waals surface area contributed by atoms with Gasteiger partial charge >= 0.3 is 0 Å². The third-order valence-electron chi connectivity index (χ3n) is 4.58. The van der Waals surface area contributed by atoms with Gasteiger partial charge in [0, 0.05) is 30.1 Å². The Kier molecular flexibility index (Phi) is 5.54. The molecule has 0 unspecified atom stereocenters. The number of aryl methyl sites for hydroxylation is 1. The highest BCUT2D eigenvalue weighted by atomic mass is 15.4. The number of pyridine rings is 2. The van der Waals surface area contributed by atoms with Gasteiger partial charge in [0.15, 0.2) is 11.5 Å². The van der Waals surface area contributed by atoms with Gasteiger partial charge in [0.25, 0.3) is 0 Å². The molecule has 0 aliphatic carbocycles. The van der Waals surface area contributed by atoms with Crippen LogP contribution in [0.2, 0.25) is 0 Å². The minimum Gasteiger partial charge on any atom is -0.381 e. The number of rotatable bonds is 7. The number of anilines is 1. The Balaban J connectivity index is 1.71. The summed E-state index contributed by atoms with van der Waals surface area (Å²) in [5, 5.41) is 34.8. The fourth-order valence-corrected chi connectivity index (χ4v) is 3.19. The predicted octanol–water partition coefficient (Wildman–Crippen LogP) is 2.93. The van der Waals surface area contributed by atoms with Gasteiger partial charge < -0.3 is 5.32 Å². The lowest BCUT2D eigenvalue weighted by Gasteiger charge is -2.15. The Hall–Kier alpha value is -4.31. The van der Waals surface area contributed by atoms with Crippen molar-refractivity contribution in [2.24, 2.45) is 0 Å². The van der Waals surface area contributed by atoms with Gasteiger partial charge in [-0.15, -0.1) is 5.10 Å². The molecule has 0 saturated carbocycles. The van der Waals surface area contributed by atoms with Crippen molar-refractivity contribution in [3.63, 3.8) is 0 Å². The van der Waals surface area contributed by atoms with Gasteiger partial charge in [-0.05, 0) is 32.8 Å². The molecular weight excluding hydrogens is 392 g/mol. The van der Waals surface area contributed by atoms with Crippen LogP contribution < -0.4 is 5.32 Å². The Bertz CT molecular complexity index is 1300. The molecule has 0 bridgehead atoms. The molecule has 31 heavy (non-hydrogen) atoms. The van der Waals surface area contributed by atoms with Crippen LogP contribution in [-0.2, 0) is 6.42 Å². The van der Waals surface area contributed by atoms with Crippen LogP contribution in [0.15, 0.2) is 36.9 Å². The Labute approximate surface area is 178 Å². The van der Waals surface area contributed by atoms with E-state index in [1.807, 2.05) is 26.1 Å². The molecule has 0 aliphatic heterocycles. The van der Waals surface area contributed by atoms with Crippen LogP contribution in [0.25, 0.3) is 22.5 Å². The van der Waals surface area contributed by atoms with Crippen molar-refractivity contribution < 1.29 is 0 Å². The van der Waals surface area contributed by atoms with E-state index >= 15 is 0 Å². The van der Waals surface area contributed by atoms with Crippen LogP contribution in [0.5, 0.6) is 0 Å². The first kappa shape index (κ1) is 20.0. The van der Waals surface area contributed by atoms with E-state index in [-0.39, 0.29) is 6.04 Å². The summed E-state index contributed by atoms with van der Waals surface area (Å²) in [6.45, 7) is 4.10. The minimum absolute atomic E-state index is 0.179. The monoisotopic (exact) mass is 412 g/mol. The summed E-state index contributed by atoms with van der Waals surface area (Å²) in [6.07, 6.45) is 8.69. The Morgan fingerprint density at radius 3 is 2.77 bits per heavy atom. The first-order valence-corrected chi connectivity index (χ1v) is 9.88. The van der Waals surface area contributed by atoms with E-state index in [1.54, 1.807) is 27.8 Å². The summed E-state index contributed by atoms with van der Waals surface area (Å²) in [5.41, 5.74) is 3.51. The summed E-state index contributed by atoms with van der Waals surface area (Å²) < 4.78 is 3.32. The second-order valence-corrected chi connectivity index (χ2v) is 7.33. The van der Waals surface area contributed by atoms with Gasteiger partial charge in [-0.2, -0.15) is 20.3 Å². The van der Waals surface area contributed by atoms with Crippen molar-refractivity contribution in [2.75, 3.05) is 5.32 Å². The zero-order chi connectivity index (χ0) is 21.8. The largest absolute Gasteiger partial charge is 0.381 e. The van der Waals surface area contributed by atoms with Crippen molar-refractivity contribution >= 4 is 16.7 Å². The lowest BCUT2D eigenvalue weighted by Crippen LogP contribution is -2.14. The lowest BCUT2D eigenvalue weighted by molar-refractivity contribution is 0.775. The number of hydrogen-bond acceptors (Lipinski definition) is 8. The smallest absolute Gasteiger partial charge is 0.164 e. The van der Waals surface area contributed by atoms with Gasteiger partial charge in [0.2, 0.25) is 0 Å². The number of nitrogens with zero attached hydrogens (tertiary/aromatic N) is 9. The van der Waals surface area contributed by atoms with Crippen LogP contribution in [0.4, 0.5) is 5.69 Å². The molecule has 4 rings (SSSR count). The molecular formula is C21H20N10. The Morgan fingerprint density at radius 2 is 2.00 bits per heavy atom. The molecule has 0 saturated heterocycles. The molecule has 4 aromatic heterocycles. The number of fused-ring (bicyclic) bond motifs is 1. The molecule has 0 spiro atoms. The SMILES string of the molecule is CC(C)Nc1cc(-n2ncc3cc(C#N)cnc32)ncc1-n1cc(CCCC#N)nn1. The fraction of sp³-hybridized carbons (Fsp3) is 0.286. The van der Waals surface area contributed by atoms with E-state index in [2.05, 4.69) is 42.8 Å². The second kappa shape index (κ2) is 8.59. The molecule has 10 nitrogen and oxygen atoms in total. The van der Waals surface area contributed by atoms with Gasteiger partial charge in [-0.1, -0.05) is 5.21 Å². The zero-order valence-corrected chi connectivity index (χ0v) is 17.2. The van der Waals surface area contributed by atoms with Gasteiger partial charge in [0.05, 0.1) is 41.6 Å². The predicted molar refractivity (Wildman–Crippen MR) is 114 cm³/mol. The van der Waals surface area contributed by atoms with E-state index in [9.17, 15) is 0 Å². The molecule has 4 heterocycles. The van der Waals surface area contributed by atoms with Crippen molar-refractivity contribution in [3.05, 3.63) is 48.2 Å². The molecule has 0 aromatic carbocycles. The first-order valence-electron chi connectivity index (χ1n) is 9.88. The molecule has 0 amide bonds. The van der Waals surface area contributed by atoms with Gasteiger partial charge in [-0.3, -0.25) is 0 Å². The van der Waals surface area contributed by atoms with Gasteiger partial charge in [-0.25, -0.2) is 14.6 Å². The summed E-state index contributed by atoms with van der Waals surface area (Å²) in [7, 11) is 0. The molecule has 10 heteroatoms. The van der Waals surface area contributed by atoms with Crippen molar-refractivity contribution in [2.45, 2.75) is 39.2 Å². The van der Waals surface area contributed by atoms with E-state index in [4.69, 9.17) is 10.5 Å². The van der Waals surface area contributed by atoms with Crippen LogP contribution in [0, 0.1) is 22.7 Å². The maximum absolute atomic E-state index is 9.08. The van der Waals surface area contributed by atoms with E-state index in [1.165, 1.54) is 6.20 Å². The first-order chi connectivity index (χ1) is 15.1. The van der Waals surface area contributed by atoms with E-state index in [0.717, 1.165) is 28.9 Å². The number of aromatic nitrogens is 7. The molecule has 0 fully saturated rings. The number of unbranched alkanes of at least 4 members (excludes halogenated alkanes) is 1. The van der Waals surface area contributed by atoms with E-state index < -0.39 is 0 Å². The molecule has 4 aromatic rings. The maximum atomic E-state index is 9.08. The van der Waals surface area contributed by atoms with Crippen molar-refractivity contribution in [1.82, 2.24) is 34.7 Å². The highest BCUT2D eigenvalue weighted by Crippen LogP contribution is 2.24. The van der Waals surface area contributed by atoms with E-state index in [0.29, 0.717) is 29.9 Å². The minimum atomic E-state index is 0.179. The van der Waals surface area contributed by atoms with Crippen LogP contribution in [0.1, 0.15) is 37.9 Å². The van der Waals surface area contributed by atoms with Gasteiger partial charge in [0.1, 0.15) is 11.8 Å². The molecule has 0 aliphatic rings. The molecule has 1 N–H and O–H groups in total. The quantitative estimate of drug-likeness (QED) is 0.458. The maximum Gasteiger partial charge on any atom is 0.164 e. The highest BCUT2D eigenvalue weighted by Gasteiger charge is 2.14. The zero-order valence-electron chi connectivity index (χ0n) is 17.2. The summed E-state index contributed by atoms with van der Waals surface area (Å²) in [6, 6.07) is 8.04. The molecule has 0 radical (unpaired) electrons. The third-order valence-corrected chi connectivity index (χ3v) is 4.58. The lowest BCUT2D eigenvalue weighted by atomic mass is 10.2. The Morgan fingerprint density at radius 1 is 1.13 bits per heavy atom. The highest BCUT2D eigenvalue weighted by molar-refractivity contribution is 5.77. The average molecular weight is 412 g/mol. The summed E-state index contributed by atoms with van der Waals surface area (Å²) in [4.78, 5) is 8.93. The average Bonchev–Trinajstić information content (AvgIpc) is 3.40. The summed E-state index contributed by atoms with van der Waals surface area (Å²) >= 11 is 0. The van der Waals surface area contributed by atoms with Crippen molar-refractivity contribution in [1.29, 1.82) is 10.5 Å². The topological polar surface area (TPSA) is 134 Å². The number of nitriles is 2. The number of hydrogen-bond donors (Lipinski definition) is 1. The van der Waals surface area contributed by atoms with Crippen LogP contribution in [0.3, 0.4) is 0 Å². The third kappa shape index (κ3) is 4.19. The summed E-state index contributed by atoms with van der Waals surface area (Å²) in [5.74, 6) is 0.591. The second-order valence-electron chi connectivity index (χ2n) is 7.33. The standard InChI is InChI=1S/C21H20N10/c1-14(2)27-18-8-20(31-21-16(11-26-31)7-15(9-23)10-25-21)24-12-19(18)30-13-17(28-29-30)5-3-4-6-22/h7-8,10-14H,3-5H2,1-2H3,(H,24,27).